The van der Waals surface area contributed by atoms with E-state index in [0.717, 1.165) is 10.4 Å². The minimum atomic E-state index is -1.04. The average molecular weight is 468 g/mol. The quantitative estimate of drug-likeness (QED) is 0.484. The molecular weight excluding hydrogens is 442 g/mol. The van der Waals surface area contributed by atoms with Crippen molar-refractivity contribution >= 4 is 28.9 Å². The van der Waals surface area contributed by atoms with Crippen LogP contribution in [-0.2, 0) is 4.79 Å². The van der Waals surface area contributed by atoms with Crippen molar-refractivity contribution in [3.8, 4) is 28.4 Å². The minimum Gasteiger partial charge on any atom is -0.497 e. The second-order valence-electron chi connectivity index (χ2n) is 7.93. The van der Waals surface area contributed by atoms with Crippen LogP contribution >= 0.6 is 11.3 Å². The molecule has 1 aliphatic heterocycles. The van der Waals surface area contributed by atoms with E-state index in [2.05, 4.69) is 5.32 Å². The number of hydrogen-bond acceptors (Lipinski definition) is 6. The summed E-state index contributed by atoms with van der Waals surface area (Å²) in [6, 6.07) is 12.7. The molecule has 7 nitrogen and oxygen atoms in total. The molecule has 0 spiro atoms. The van der Waals surface area contributed by atoms with E-state index in [9.17, 15) is 14.7 Å². The standard InChI is InChI=1S/C25H25NO6S/c1-13(2)32-22-16(6-5-7-18(22)31-4)17-12-19(27)26-21-20(24(25(28)29)33-23(17)21)14-8-10-15(30-3)11-9-14/h5-11,13,17H,12H2,1-4H3,(H,26,27)(H,28,29). The molecule has 0 saturated heterocycles. The number of benzene rings is 2. The number of rotatable bonds is 7. The van der Waals surface area contributed by atoms with E-state index in [4.69, 9.17) is 14.2 Å². The zero-order valence-corrected chi connectivity index (χ0v) is 19.6. The number of fused-ring (bicyclic) bond motifs is 1. The molecule has 1 atom stereocenters. The first-order valence-corrected chi connectivity index (χ1v) is 11.3. The first kappa shape index (κ1) is 22.7. The van der Waals surface area contributed by atoms with Gasteiger partial charge in [-0.3, -0.25) is 4.79 Å². The molecule has 1 aliphatic rings. The number of nitrogens with one attached hydrogen (secondary N) is 1. The topological polar surface area (TPSA) is 94.1 Å². The van der Waals surface area contributed by atoms with E-state index in [0.29, 0.717) is 34.1 Å². The number of amides is 1. The van der Waals surface area contributed by atoms with Gasteiger partial charge in [-0.25, -0.2) is 4.79 Å². The monoisotopic (exact) mass is 467 g/mol. The van der Waals surface area contributed by atoms with E-state index in [1.165, 1.54) is 11.3 Å². The Balaban J connectivity index is 1.92. The van der Waals surface area contributed by atoms with Gasteiger partial charge in [0.15, 0.2) is 11.5 Å². The zero-order chi connectivity index (χ0) is 23.7. The van der Waals surface area contributed by atoms with Crippen molar-refractivity contribution in [3.63, 3.8) is 0 Å². The summed E-state index contributed by atoms with van der Waals surface area (Å²) < 4.78 is 16.8. The van der Waals surface area contributed by atoms with Crippen molar-refractivity contribution in [2.45, 2.75) is 32.3 Å². The van der Waals surface area contributed by atoms with Crippen LogP contribution in [0.2, 0.25) is 0 Å². The van der Waals surface area contributed by atoms with Crippen LogP contribution in [0.5, 0.6) is 17.2 Å². The molecule has 2 heterocycles. The summed E-state index contributed by atoms with van der Waals surface area (Å²) in [5.41, 5.74) is 2.51. The van der Waals surface area contributed by atoms with Crippen molar-refractivity contribution in [2.24, 2.45) is 0 Å². The smallest absolute Gasteiger partial charge is 0.346 e. The van der Waals surface area contributed by atoms with Gasteiger partial charge in [-0.1, -0.05) is 24.3 Å². The van der Waals surface area contributed by atoms with E-state index in [1.54, 1.807) is 38.5 Å². The fourth-order valence-electron chi connectivity index (χ4n) is 4.05. The molecule has 0 bridgehead atoms. The van der Waals surface area contributed by atoms with Gasteiger partial charge >= 0.3 is 5.97 Å². The van der Waals surface area contributed by atoms with Gasteiger partial charge in [-0.2, -0.15) is 0 Å². The van der Waals surface area contributed by atoms with E-state index >= 15 is 0 Å². The number of aromatic carboxylic acids is 1. The molecule has 3 aromatic rings. The van der Waals surface area contributed by atoms with Gasteiger partial charge in [0.2, 0.25) is 5.91 Å². The highest BCUT2D eigenvalue weighted by atomic mass is 32.1. The lowest BCUT2D eigenvalue weighted by Gasteiger charge is -2.27. The Morgan fingerprint density at radius 2 is 1.85 bits per heavy atom. The molecule has 2 aromatic carbocycles. The first-order chi connectivity index (χ1) is 15.8. The molecule has 33 heavy (non-hydrogen) atoms. The van der Waals surface area contributed by atoms with Gasteiger partial charge in [0.05, 0.1) is 26.0 Å². The molecule has 8 heteroatoms. The summed E-state index contributed by atoms with van der Waals surface area (Å²) in [6.45, 7) is 3.84. The number of carboxylic acids is 1. The summed E-state index contributed by atoms with van der Waals surface area (Å²) in [6.07, 6.45) is 0.0701. The maximum Gasteiger partial charge on any atom is 0.346 e. The molecule has 0 saturated carbocycles. The van der Waals surface area contributed by atoms with Crippen LogP contribution in [0.3, 0.4) is 0 Å². The lowest BCUT2D eigenvalue weighted by atomic mass is 9.88. The molecular formula is C25H25NO6S. The molecule has 0 radical (unpaired) electrons. The molecule has 0 aliphatic carbocycles. The van der Waals surface area contributed by atoms with E-state index < -0.39 is 5.97 Å². The maximum absolute atomic E-state index is 12.8. The predicted octanol–water partition coefficient (Wildman–Crippen LogP) is 5.39. The van der Waals surface area contributed by atoms with Gasteiger partial charge in [-0.15, -0.1) is 11.3 Å². The summed E-state index contributed by atoms with van der Waals surface area (Å²) in [5, 5.41) is 12.9. The number of methoxy groups -OCH3 is 2. The number of hydrogen-bond donors (Lipinski definition) is 2. The lowest BCUT2D eigenvalue weighted by Crippen LogP contribution is -2.23. The Hall–Kier alpha value is -3.52. The van der Waals surface area contributed by atoms with Crippen LogP contribution in [-0.4, -0.2) is 37.3 Å². The van der Waals surface area contributed by atoms with E-state index in [1.807, 2.05) is 32.0 Å². The first-order valence-electron chi connectivity index (χ1n) is 10.5. The molecule has 1 unspecified atom stereocenters. The van der Waals surface area contributed by atoms with Crippen LogP contribution in [0.4, 0.5) is 5.69 Å². The number of thiophene rings is 1. The van der Waals surface area contributed by atoms with Crippen LogP contribution < -0.4 is 19.5 Å². The van der Waals surface area contributed by atoms with Crippen molar-refractivity contribution < 1.29 is 28.9 Å². The van der Waals surface area contributed by atoms with Crippen molar-refractivity contribution in [1.82, 2.24) is 0 Å². The summed E-state index contributed by atoms with van der Waals surface area (Å²) in [7, 11) is 3.14. The van der Waals surface area contributed by atoms with Crippen LogP contribution in [0.1, 0.15) is 46.3 Å². The second kappa shape index (κ2) is 9.15. The molecule has 1 amide bonds. The number of carbonyl (C=O) groups is 2. The molecule has 2 N–H and O–H groups in total. The molecule has 0 fully saturated rings. The third-order valence-electron chi connectivity index (χ3n) is 5.44. The second-order valence-corrected chi connectivity index (χ2v) is 8.98. The highest BCUT2D eigenvalue weighted by Gasteiger charge is 2.36. The Kier molecular flexibility index (Phi) is 6.29. The van der Waals surface area contributed by atoms with Crippen LogP contribution in [0.15, 0.2) is 42.5 Å². The highest BCUT2D eigenvalue weighted by Crippen LogP contribution is 2.52. The highest BCUT2D eigenvalue weighted by molar-refractivity contribution is 7.15. The Morgan fingerprint density at radius 3 is 2.45 bits per heavy atom. The fourth-order valence-corrected chi connectivity index (χ4v) is 5.29. The normalized spacial score (nSPS) is 15.1. The number of anilines is 1. The van der Waals surface area contributed by atoms with Gasteiger partial charge in [-0.05, 0) is 37.6 Å². The van der Waals surface area contributed by atoms with Crippen molar-refractivity contribution in [1.29, 1.82) is 0 Å². The Bertz CT molecular complexity index is 1200. The molecule has 1 aromatic heterocycles. The summed E-state index contributed by atoms with van der Waals surface area (Å²) >= 11 is 1.18. The molecule has 172 valence electrons. The fraction of sp³-hybridized carbons (Fsp3) is 0.280. The summed E-state index contributed by atoms with van der Waals surface area (Å²) in [5.74, 6) is 0.199. The van der Waals surface area contributed by atoms with Gasteiger partial charge in [0.25, 0.3) is 0 Å². The SMILES string of the molecule is COc1ccc(-c2c(C(=O)O)sc3c2NC(=O)CC3c2cccc(OC)c2OC(C)C)cc1. The van der Waals surface area contributed by atoms with Gasteiger partial charge < -0.3 is 24.6 Å². The minimum absolute atomic E-state index is 0.107. The number of ether oxygens (including phenoxy) is 3. The third-order valence-corrected chi connectivity index (χ3v) is 6.73. The third kappa shape index (κ3) is 4.26. The van der Waals surface area contributed by atoms with E-state index in [-0.39, 0.29) is 29.2 Å². The predicted molar refractivity (Wildman–Crippen MR) is 127 cm³/mol. The maximum atomic E-state index is 12.8. The Labute approximate surface area is 195 Å². The Morgan fingerprint density at radius 1 is 1.12 bits per heavy atom. The van der Waals surface area contributed by atoms with Crippen molar-refractivity contribution in [2.75, 3.05) is 19.5 Å². The van der Waals surface area contributed by atoms with Crippen molar-refractivity contribution in [3.05, 3.63) is 57.8 Å². The number of para-hydroxylation sites is 1. The zero-order valence-electron chi connectivity index (χ0n) is 18.8. The lowest BCUT2D eigenvalue weighted by molar-refractivity contribution is -0.116. The number of carbonyl (C=O) groups excluding carboxylic acids is 1. The largest absolute Gasteiger partial charge is 0.497 e. The number of carboxylic acid groups (broad SMARTS) is 1. The average Bonchev–Trinajstić information content (AvgIpc) is 3.18. The molecule has 4 rings (SSSR count). The van der Waals surface area contributed by atoms with Gasteiger partial charge in [0, 0.05) is 28.3 Å². The van der Waals surface area contributed by atoms with Gasteiger partial charge in [0.1, 0.15) is 10.6 Å². The summed E-state index contributed by atoms with van der Waals surface area (Å²) in [4.78, 5) is 26.0. The van der Waals surface area contributed by atoms with Crippen LogP contribution in [0, 0.1) is 0 Å². The van der Waals surface area contributed by atoms with Crippen LogP contribution in [0.25, 0.3) is 11.1 Å².